The number of hydrogen-bond donors (Lipinski definition) is 1. The second-order valence-corrected chi connectivity index (χ2v) is 13.6. The Balaban J connectivity index is 1.69. The molecule has 5 nitrogen and oxygen atoms in total. The molecule has 0 radical (unpaired) electrons. The lowest BCUT2D eigenvalue weighted by atomic mass is 9.93. The lowest BCUT2D eigenvalue weighted by Gasteiger charge is -2.18. The number of thiophene rings is 1. The molecule has 0 saturated carbocycles. The number of nitrogens with zero attached hydrogens (tertiary/aromatic N) is 1. The summed E-state index contributed by atoms with van der Waals surface area (Å²) >= 11 is 13.8. The van der Waals surface area contributed by atoms with Gasteiger partial charge in [0.1, 0.15) is 17.7 Å². The number of benzene rings is 2. The van der Waals surface area contributed by atoms with Crippen molar-refractivity contribution in [3.63, 3.8) is 0 Å². The topological polar surface area (TPSA) is 66.5 Å². The third-order valence-electron chi connectivity index (χ3n) is 6.14. The molecule has 0 spiro atoms. The molecular formula is C26H23Br2ClF2N2O3S2. The van der Waals surface area contributed by atoms with Crippen LogP contribution in [0.4, 0.5) is 14.5 Å². The van der Waals surface area contributed by atoms with E-state index in [0.29, 0.717) is 32.7 Å². The number of halogens is 5. The first-order chi connectivity index (χ1) is 18.1. The highest BCUT2D eigenvalue weighted by atomic mass is 79.9. The third-order valence-corrected chi connectivity index (χ3v) is 9.21. The number of amides is 1. The van der Waals surface area contributed by atoms with Crippen LogP contribution in [0.25, 0.3) is 6.08 Å². The van der Waals surface area contributed by atoms with Crippen molar-refractivity contribution in [3.05, 3.63) is 91.5 Å². The Morgan fingerprint density at radius 3 is 2.26 bits per heavy atom. The summed E-state index contributed by atoms with van der Waals surface area (Å²) in [4.78, 5) is 15.3. The number of carbonyl (C=O) groups excluding carboxylic acids is 1. The fourth-order valence-electron chi connectivity index (χ4n) is 4.32. The van der Waals surface area contributed by atoms with E-state index >= 15 is 8.78 Å². The quantitative estimate of drug-likeness (QED) is 0.240. The van der Waals surface area contributed by atoms with Gasteiger partial charge >= 0.3 is 0 Å². The summed E-state index contributed by atoms with van der Waals surface area (Å²) in [6.45, 7) is -0.0975. The number of rotatable bonds is 10. The first kappa shape index (κ1) is 29.4. The maximum absolute atomic E-state index is 15.3. The highest BCUT2D eigenvalue weighted by Gasteiger charge is 2.45. The molecule has 1 aliphatic heterocycles. The minimum Gasteiger partial charge on any atom is -0.308 e. The SMILES string of the molecule is O=C1C(NS(=O)(=O)/C=C/c2ccc(Cl)s2)C(c2ccc(CCBr)cc2F)CN1c1ccc(CCBr)cc1F. The monoisotopic (exact) mass is 706 g/mol. The fraction of sp³-hybridized carbons (Fsp3) is 0.269. The van der Waals surface area contributed by atoms with Gasteiger partial charge in [-0.05, 0) is 65.9 Å². The molecule has 202 valence electrons. The fourth-order valence-corrected chi connectivity index (χ4v) is 7.31. The van der Waals surface area contributed by atoms with Gasteiger partial charge in [0.25, 0.3) is 0 Å². The van der Waals surface area contributed by atoms with Crippen molar-refractivity contribution in [1.82, 2.24) is 4.72 Å². The average Bonchev–Trinajstić information content (AvgIpc) is 3.41. The highest BCUT2D eigenvalue weighted by Crippen LogP contribution is 2.36. The van der Waals surface area contributed by atoms with Crippen molar-refractivity contribution < 1.29 is 22.0 Å². The maximum Gasteiger partial charge on any atom is 0.245 e. The van der Waals surface area contributed by atoms with Crippen LogP contribution in [-0.2, 0) is 27.7 Å². The van der Waals surface area contributed by atoms with Gasteiger partial charge in [0.15, 0.2) is 0 Å². The van der Waals surface area contributed by atoms with Crippen LogP contribution in [0.2, 0.25) is 4.34 Å². The zero-order valence-electron chi connectivity index (χ0n) is 19.8. The number of hydrogen-bond acceptors (Lipinski definition) is 4. The smallest absolute Gasteiger partial charge is 0.245 e. The van der Waals surface area contributed by atoms with E-state index in [1.807, 2.05) is 0 Å². The van der Waals surface area contributed by atoms with Gasteiger partial charge in [-0.2, -0.15) is 4.72 Å². The van der Waals surface area contributed by atoms with Crippen LogP contribution in [0.3, 0.4) is 0 Å². The number of aryl methyl sites for hydroxylation is 2. The standard InChI is InChI=1S/C26H23Br2ClF2N2O3S2/c27-10-7-16-1-4-19(21(30)13-16)20-15-33(23-5-2-17(8-11-28)14-22(23)31)26(34)25(20)32-38(35,36)12-9-18-3-6-24(29)37-18/h1-6,9,12-14,20,25,32H,7-8,10-11,15H2/b12-9+. The van der Waals surface area contributed by atoms with Crippen molar-refractivity contribution >= 4 is 82.5 Å². The molecule has 3 aromatic rings. The van der Waals surface area contributed by atoms with Crippen LogP contribution >= 0.6 is 54.8 Å². The molecule has 1 N–H and O–H groups in total. The summed E-state index contributed by atoms with van der Waals surface area (Å²) in [5.41, 5.74) is 1.69. The predicted octanol–water partition coefficient (Wildman–Crippen LogP) is 6.64. The first-order valence-electron chi connectivity index (χ1n) is 11.6. The average molecular weight is 709 g/mol. The van der Waals surface area contributed by atoms with E-state index < -0.39 is 39.5 Å². The van der Waals surface area contributed by atoms with Crippen molar-refractivity contribution in [3.8, 4) is 0 Å². The molecule has 1 amide bonds. The van der Waals surface area contributed by atoms with Crippen LogP contribution in [-0.4, -0.2) is 37.6 Å². The second-order valence-electron chi connectivity index (χ2n) is 8.66. The van der Waals surface area contributed by atoms with Crippen LogP contribution in [0.1, 0.15) is 27.5 Å². The molecule has 4 rings (SSSR count). The van der Waals surface area contributed by atoms with Crippen LogP contribution in [0.15, 0.2) is 53.9 Å². The van der Waals surface area contributed by atoms with Crippen LogP contribution in [0, 0.1) is 11.6 Å². The molecule has 2 atom stereocenters. The molecule has 2 heterocycles. The zero-order valence-corrected chi connectivity index (χ0v) is 25.4. The molecule has 1 fully saturated rings. The Morgan fingerprint density at radius 2 is 1.68 bits per heavy atom. The van der Waals surface area contributed by atoms with Crippen molar-refractivity contribution in [2.75, 3.05) is 22.1 Å². The molecule has 12 heteroatoms. The molecular weight excluding hydrogens is 686 g/mol. The van der Waals surface area contributed by atoms with E-state index in [9.17, 15) is 13.2 Å². The van der Waals surface area contributed by atoms with Gasteiger partial charge in [-0.25, -0.2) is 17.2 Å². The Labute approximate surface area is 246 Å². The summed E-state index contributed by atoms with van der Waals surface area (Å²) in [6.07, 6.45) is 2.57. The number of carbonyl (C=O) groups is 1. The van der Waals surface area contributed by atoms with Crippen LogP contribution < -0.4 is 9.62 Å². The number of alkyl halides is 2. The summed E-state index contributed by atoms with van der Waals surface area (Å²) in [5.74, 6) is -2.71. The van der Waals surface area contributed by atoms with Gasteiger partial charge in [-0.1, -0.05) is 61.7 Å². The molecule has 1 aliphatic rings. The Kier molecular flexibility index (Phi) is 9.81. The Bertz CT molecular complexity index is 1470. The predicted molar refractivity (Wildman–Crippen MR) is 157 cm³/mol. The normalized spacial score (nSPS) is 18.1. The number of nitrogens with one attached hydrogen (secondary N) is 1. The number of sulfonamides is 1. The minimum atomic E-state index is -4.13. The minimum absolute atomic E-state index is 0.0140. The largest absolute Gasteiger partial charge is 0.308 e. The summed E-state index contributed by atoms with van der Waals surface area (Å²) in [5, 5.41) is 2.24. The lowest BCUT2D eigenvalue weighted by molar-refractivity contribution is -0.118. The van der Waals surface area contributed by atoms with Gasteiger partial charge < -0.3 is 4.90 Å². The molecule has 1 aromatic heterocycles. The molecule has 38 heavy (non-hydrogen) atoms. The Hall–Kier alpha value is -1.63. The van der Waals surface area contributed by atoms with Gasteiger partial charge in [-0.3, -0.25) is 4.79 Å². The van der Waals surface area contributed by atoms with Crippen molar-refractivity contribution in [2.45, 2.75) is 24.8 Å². The molecule has 0 aliphatic carbocycles. The van der Waals surface area contributed by atoms with E-state index in [-0.39, 0.29) is 17.8 Å². The lowest BCUT2D eigenvalue weighted by Crippen LogP contribution is -2.43. The van der Waals surface area contributed by atoms with Gasteiger partial charge in [-0.15, -0.1) is 11.3 Å². The second kappa shape index (κ2) is 12.7. The number of anilines is 1. The van der Waals surface area contributed by atoms with Gasteiger partial charge in [0.2, 0.25) is 15.9 Å². The summed E-state index contributed by atoms with van der Waals surface area (Å²) in [7, 11) is -4.13. The van der Waals surface area contributed by atoms with E-state index in [4.69, 9.17) is 11.6 Å². The highest BCUT2D eigenvalue weighted by molar-refractivity contribution is 9.09. The summed E-state index contributed by atoms with van der Waals surface area (Å²) < 4.78 is 59.2. The van der Waals surface area contributed by atoms with Crippen molar-refractivity contribution in [2.24, 2.45) is 0 Å². The first-order valence-corrected chi connectivity index (χ1v) is 16.6. The zero-order chi connectivity index (χ0) is 27.4. The van der Waals surface area contributed by atoms with E-state index in [1.165, 1.54) is 40.5 Å². The molecule has 0 bridgehead atoms. The third kappa shape index (κ3) is 6.92. The molecule has 2 unspecified atom stereocenters. The van der Waals surface area contributed by atoms with Gasteiger partial charge in [0, 0.05) is 33.4 Å². The van der Waals surface area contributed by atoms with Crippen LogP contribution in [0.5, 0.6) is 0 Å². The molecule has 2 aromatic carbocycles. The summed E-state index contributed by atoms with van der Waals surface area (Å²) in [6, 6.07) is 11.2. The van der Waals surface area contributed by atoms with E-state index in [1.54, 1.807) is 30.3 Å². The Morgan fingerprint density at radius 1 is 1.03 bits per heavy atom. The van der Waals surface area contributed by atoms with E-state index in [0.717, 1.165) is 16.5 Å². The maximum atomic E-state index is 15.3. The van der Waals surface area contributed by atoms with E-state index in [2.05, 4.69) is 36.6 Å². The van der Waals surface area contributed by atoms with Gasteiger partial charge in [0.05, 0.1) is 10.0 Å². The van der Waals surface area contributed by atoms with Crippen molar-refractivity contribution in [1.29, 1.82) is 0 Å². The molecule has 1 saturated heterocycles.